The number of carbonyl (C=O) groups excluding carboxylic acids is 2. The van der Waals surface area contributed by atoms with Gasteiger partial charge in [-0.1, -0.05) is 12.1 Å². The lowest BCUT2D eigenvalue weighted by atomic mass is 10.2. The van der Waals surface area contributed by atoms with Crippen LogP contribution in [0.15, 0.2) is 53.6 Å². The molecule has 2 aromatic carbocycles. The van der Waals surface area contributed by atoms with Gasteiger partial charge in [0.15, 0.2) is 6.61 Å². The third-order valence-electron chi connectivity index (χ3n) is 4.84. The molecule has 30 heavy (non-hydrogen) atoms. The summed E-state index contributed by atoms with van der Waals surface area (Å²) < 4.78 is 20.1. The van der Waals surface area contributed by atoms with E-state index in [0.29, 0.717) is 22.2 Å². The zero-order chi connectivity index (χ0) is 21.1. The summed E-state index contributed by atoms with van der Waals surface area (Å²) in [6.07, 6.45) is 1.34. The van der Waals surface area contributed by atoms with Crippen LogP contribution in [0.4, 0.5) is 4.39 Å². The van der Waals surface area contributed by atoms with Gasteiger partial charge in [-0.3, -0.25) is 19.0 Å². The molecule has 8 nitrogen and oxygen atoms in total. The van der Waals surface area contributed by atoms with Gasteiger partial charge in [0.25, 0.3) is 11.5 Å². The number of nitrogens with one attached hydrogen (secondary N) is 1. The molecule has 0 atom stereocenters. The third kappa shape index (κ3) is 4.14. The number of nitrogens with zero attached hydrogens (tertiary/aromatic N) is 3. The van der Waals surface area contributed by atoms with E-state index < -0.39 is 5.82 Å². The number of benzene rings is 2. The van der Waals surface area contributed by atoms with Crippen molar-refractivity contribution in [1.82, 2.24) is 19.8 Å². The molecule has 0 bridgehead atoms. The van der Waals surface area contributed by atoms with E-state index in [2.05, 4.69) is 10.3 Å². The molecule has 1 aromatic heterocycles. The van der Waals surface area contributed by atoms with Crippen LogP contribution in [0.25, 0.3) is 10.9 Å². The zero-order valence-electron chi connectivity index (χ0n) is 16.0. The second-order valence-electron chi connectivity index (χ2n) is 6.90. The summed E-state index contributed by atoms with van der Waals surface area (Å²) >= 11 is 0. The van der Waals surface area contributed by atoms with Gasteiger partial charge in [-0.05, 0) is 30.3 Å². The van der Waals surface area contributed by atoms with Crippen LogP contribution in [-0.4, -0.2) is 46.0 Å². The van der Waals surface area contributed by atoms with Gasteiger partial charge in [-0.25, -0.2) is 9.37 Å². The Kier molecular flexibility index (Phi) is 5.42. The number of para-hydroxylation sites is 1. The van der Waals surface area contributed by atoms with Crippen molar-refractivity contribution in [3.8, 4) is 5.75 Å². The lowest BCUT2D eigenvalue weighted by molar-refractivity contribution is -0.133. The van der Waals surface area contributed by atoms with Gasteiger partial charge in [0, 0.05) is 25.2 Å². The maximum Gasteiger partial charge on any atom is 0.261 e. The summed E-state index contributed by atoms with van der Waals surface area (Å²) in [6.45, 7) is 0.280. The number of rotatable bonds is 5. The fourth-order valence-electron chi connectivity index (χ4n) is 3.30. The summed E-state index contributed by atoms with van der Waals surface area (Å²) in [5.41, 5.74) is 0.841. The van der Waals surface area contributed by atoms with Gasteiger partial charge in [-0.15, -0.1) is 0 Å². The van der Waals surface area contributed by atoms with E-state index in [-0.39, 0.29) is 50.2 Å². The van der Waals surface area contributed by atoms with E-state index in [1.165, 1.54) is 34.0 Å². The van der Waals surface area contributed by atoms with Crippen LogP contribution >= 0.6 is 0 Å². The van der Waals surface area contributed by atoms with Crippen LogP contribution in [0.1, 0.15) is 5.56 Å². The molecule has 0 aliphatic carbocycles. The molecule has 2 heterocycles. The van der Waals surface area contributed by atoms with E-state index in [1.54, 1.807) is 24.3 Å². The number of fused-ring (bicyclic) bond motifs is 2. The van der Waals surface area contributed by atoms with Crippen LogP contribution < -0.4 is 15.6 Å². The van der Waals surface area contributed by atoms with Crippen LogP contribution in [0.2, 0.25) is 0 Å². The van der Waals surface area contributed by atoms with E-state index in [9.17, 15) is 18.8 Å². The molecule has 3 aromatic rings. The minimum atomic E-state index is -0.408. The molecule has 0 saturated heterocycles. The number of aromatic nitrogens is 2. The number of carbonyl (C=O) groups is 2. The highest BCUT2D eigenvalue weighted by Gasteiger charge is 2.21. The molecule has 0 radical (unpaired) electrons. The van der Waals surface area contributed by atoms with E-state index in [0.717, 1.165) is 0 Å². The van der Waals surface area contributed by atoms with Gasteiger partial charge in [0.05, 0.1) is 17.2 Å². The van der Waals surface area contributed by atoms with Gasteiger partial charge in [-0.2, -0.15) is 0 Å². The minimum Gasteiger partial charge on any atom is -0.483 e. The lowest BCUT2D eigenvalue weighted by Crippen LogP contribution is -2.40. The zero-order valence-corrected chi connectivity index (χ0v) is 16.0. The van der Waals surface area contributed by atoms with Crippen LogP contribution in [0.3, 0.4) is 0 Å². The first-order valence-electron chi connectivity index (χ1n) is 9.41. The highest BCUT2D eigenvalue weighted by molar-refractivity contribution is 5.80. The van der Waals surface area contributed by atoms with Crippen molar-refractivity contribution in [2.75, 3.05) is 19.7 Å². The number of hydrogen-bond acceptors (Lipinski definition) is 5. The highest BCUT2D eigenvalue weighted by Crippen LogP contribution is 2.24. The fourth-order valence-corrected chi connectivity index (χ4v) is 3.30. The lowest BCUT2D eigenvalue weighted by Gasteiger charge is -2.20. The van der Waals surface area contributed by atoms with Crippen molar-refractivity contribution in [3.05, 3.63) is 70.5 Å². The molecule has 9 heteroatoms. The van der Waals surface area contributed by atoms with Crippen LogP contribution in [-0.2, 0) is 22.7 Å². The summed E-state index contributed by atoms with van der Waals surface area (Å²) in [6, 6.07) is 11.0. The molecule has 0 saturated carbocycles. The van der Waals surface area contributed by atoms with E-state index in [1.807, 2.05) is 0 Å². The molecule has 1 aliphatic rings. The topological polar surface area (TPSA) is 93.5 Å². The van der Waals surface area contributed by atoms with Gasteiger partial charge >= 0.3 is 0 Å². The number of amides is 2. The predicted octanol–water partition coefficient (Wildman–Crippen LogP) is 1.07. The summed E-state index contributed by atoms with van der Waals surface area (Å²) in [7, 11) is 0. The average molecular weight is 410 g/mol. The summed E-state index contributed by atoms with van der Waals surface area (Å²) in [5, 5.41) is 3.13. The molecule has 4 rings (SSSR count). The Morgan fingerprint density at radius 3 is 2.90 bits per heavy atom. The summed E-state index contributed by atoms with van der Waals surface area (Å²) in [5.74, 6) is -0.566. The Labute approximate surface area is 170 Å². The van der Waals surface area contributed by atoms with Crippen molar-refractivity contribution >= 4 is 22.7 Å². The summed E-state index contributed by atoms with van der Waals surface area (Å²) in [4.78, 5) is 42.6. The molecular weight excluding hydrogens is 391 g/mol. The van der Waals surface area contributed by atoms with Crippen molar-refractivity contribution in [1.29, 1.82) is 0 Å². The van der Waals surface area contributed by atoms with E-state index >= 15 is 0 Å². The standard InChI is InChI=1S/C21H19FN4O4/c22-15-5-6-18-14(9-15)10-25(20(28)12-30-18)8-7-23-19(27)11-26-13-24-17-4-2-1-3-16(17)21(26)29/h1-6,9,13H,7-8,10-12H2,(H,23,27). The maximum absolute atomic E-state index is 13.5. The number of hydrogen-bond donors (Lipinski definition) is 1. The SMILES string of the molecule is O=C(Cn1cnc2ccccc2c1=O)NCCN1Cc2cc(F)ccc2OCC1=O. The Morgan fingerprint density at radius 2 is 2.03 bits per heavy atom. The molecule has 0 spiro atoms. The van der Waals surface area contributed by atoms with Gasteiger partial charge in [0.1, 0.15) is 18.1 Å². The Balaban J connectivity index is 1.36. The number of ether oxygens (including phenoxy) is 1. The van der Waals surface area contributed by atoms with Gasteiger partial charge in [0.2, 0.25) is 5.91 Å². The molecule has 0 fully saturated rings. The van der Waals surface area contributed by atoms with E-state index in [4.69, 9.17) is 4.74 Å². The number of halogens is 1. The molecular formula is C21H19FN4O4. The fraction of sp³-hybridized carbons (Fsp3) is 0.238. The largest absolute Gasteiger partial charge is 0.483 e. The molecule has 0 unspecified atom stereocenters. The van der Waals surface area contributed by atoms with Crippen LogP contribution in [0, 0.1) is 5.82 Å². The Bertz CT molecular complexity index is 1180. The monoisotopic (exact) mass is 410 g/mol. The molecule has 1 N–H and O–H groups in total. The quantitative estimate of drug-likeness (QED) is 0.679. The van der Waals surface area contributed by atoms with Crippen molar-refractivity contribution in [3.63, 3.8) is 0 Å². The average Bonchev–Trinajstić information content (AvgIpc) is 2.89. The smallest absolute Gasteiger partial charge is 0.261 e. The maximum atomic E-state index is 13.5. The second-order valence-corrected chi connectivity index (χ2v) is 6.90. The first-order chi connectivity index (χ1) is 14.5. The Morgan fingerprint density at radius 1 is 1.20 bits per heavy atom. The van der Waals surface area contributed by atoms with Crippen molar-refractivity contribution in [2.24, 2.45) is 0 Å². The third-order valence-corrected chi connectivity index (χ3v) is 4.84. The minimum absolute atomic E-state index is 0.148. The molecule has 1 aliphatic heterocycles. The Hall–Kier alpha value is -3.75. The normalized spacial score (nSPS) is 13.5. The first kappa shape index (κ1) is 19.6. The van der Waals surface area contributed by atoms with Gasteiger partial charge < -0.3 is 15.0 Å². The molecule has 154 valence electrons. The first-order valence-corrected chi connectivity index (χ1v) is 9.41. The second kappa shape index (κ2) is 8.32. The predicted molar refractivity (Wildman–Crippen MR) is 106 cm³/mol. The van der Waals surface area contributed by atoms with Crippen molar-refractivity contribution in [2.45, 2.75) is 13.1 Å². The molecule has 2 amide bonds. The van der Waals surface area contributed by atoms with Crippen molar-refractivity contribution < 1.29 is 18.7 Å². The van der Waals surface area contributed by atoms with Crippen LogP contribution in [0.5, 0.6) is 5.75 Å². The highest BCUT2D eigenvalue weighted by atomic mass is 19.1.